The number of nitrogens with one attached hydrogen (secondary N) is 2. The van der Waals surface area contributed by atoms with Crippen molar-refractivity contribution in [2.24, 2.45) is 5.92 Å². The summed E-state index contributed by atoms with van der Waals surface area (Å²) in [5, 5.41) is 8.84. The first-order valence-corrected chi connectivity index (χ1v) is 10.5. The van der Waals surface area contributed by atoms with Gasteiger partial charge in [0.2, 0.25) is 5.91 Å². The fourth-order valence-electron chi connectivity index (χ4n) is 5.30. The highest BCUT2D eigenvalue weighted by atomic mass is 19.3. The lowest BCUT2D eigenvalue weighted by molar-refractivity contribution is -0.142. The number of rotatable bonds is 5. The van der Waals surface area contributed by atoms with Crippen molar-refractivity contribution >= 4 is 11.8 Å². The van der Waals surface area contributed by atoms with E-state index in [-0.39, 0.29) is 35.4 Å². The van der Waals surface area contributed by atoms with Gasteiger partial charge in [0.05, 0.1) is 0 Å². The number of hydrogen-bond donors (Lipinski definition) is 2. The molecule has 2 amide bonds. The Morgan fingerprint density at radius 2 is 1.82 bits per heavy atom. The van der Waals surface area contributed by atoms with Crippen molar-refractivity contribution in [3.05, 3.63) is 17.5 Å². The average molecular weight is 394 g/mol. The van der Waals surface area contributed by atoms with E-state index < -0.39 is 12.3 Å². The van der Waals surface area contributed by atoms with Gasteiger partial charge in [-0.25, -0.2) is 8.78 Å². The highest BCUT2D eigenvalue weighted by Crippen LogP contribution is 2.36. The maximum atomic E-state index is 12.9. The Morgan fingerprint density at radius 3 is 2.43 bits per heavy atom. The quantitative estimate of drug-likeness (QED) is 0.801. The second kappa shape index (κ2) is 8.17. The van der Waals surface area contributed by atoms with Gasteiger partial charge in [-0.1, -0.05) is 12.8 Å². The third kappa shape index (κ3) is 4.05. The summed E-state index contributed by atoms with van der Waals surface area (Å²) in [5.74, 6) is 0.381. The normalized spacial score (nSPS) is 28.0. The number of hydrogen-bond acceptors (Lipinski definition) is 3. The molecule has 3 atom stereocenters. The average Bonchev–Trinajstić information content (AvgIpc) is 3.32. The number of H-pyrrole nitrogens is 1. The van der Waals surface area contributed by atoms with Gasteiger partial charge in [0.15, 0.2) is 0 Å². The van der Waals surface area contributed by atoms with Gasteiger partial charge in [0.25, 0.3) is 12.3 Å². The molecule has 1 aromatic rings. The van der Waals surface area contributed by atoms with E-state index >= 15 is 0 Å². The summed E-state index contributed by atoms with van der Waals surface area (Å²) in [6.45, 7) is 0. The predicted octanol–water partition coefficient (Wildman–Crippen LogP) is 3.57. The van der Waals surface area contributed by atoms with E-state index in [0.29, 0.717) is 12.3 Å². The first-order chi connectivity index (χ1) is 13.5. The number of amides is 2. The summed E-state index contributed by atoms with van der Waals surface area (Å²) in [6, 6.07) is 1.39. The number of carbonyl (C=O) groups is 2. The number of nitrogens with zero attached hydrogens (tertiary/aromatic N) is 2. The highest BCUT2D eigenvalue weighted by Gasteiger charge is 2.41. The van der Waals surface area contributed by atoms with Crippen LogP contribution in [0.2, 0.25) is 0 Å². The van der Waals surface area contributed by atoms with Crippen LogP contribution in [0.1, 0.15) is 86.8 Å². The van der Waals surface area contributed by atoms with Gasteiger partial charge in [0.1, 0.15) is 11.4 Å². The summed E-state index contributed by atoms with van der Waals surface area (Å²) in [6.07, 6.45) is 7.29. The highest BCUT2D eigenvalue weighted by molar-refractivity contribution is 5.92. The Morgan fingerprint density at radius 1 is 1.14 bits per heavy atom. The molecule has 3 aliphatic rings. The molecule has 0 aromatic carbocycles. The Kier molecular flexibility index (Phi) is 5.64. The Labute approximate surface area is 163 Å². The Bertz CT molecular complexity index is 703. The van der Waals surface area contributed by atoms with Crippen molar-refractivity contribution in [1.82, 2.24) is 20.4 Å². The summed E-state index contributed by atoms with van der Waals surface area (Å²) in [7, 11) is 0. The molecule has 1 aliphatic carbocycles. The number of alkyl halides is 2. The smallest absolute Gasteiger partial charge is 0.279 e. The lowest BCUT2D eigenvalue weighted by Crippen LogP contribution is -2.59. The monoisotopic (exact) mass is 394 g/mol. The van der Waals surface area contributed by atoms with Crippen molar-refractivity contribution in [2.75, 3.05) is 0 Å². The standard InChI is InChI=1S/C20H28F2N4O2/c21-19(22)16-11-17(25-24-16)20(28)23-13-9-14-6-3-7-15(10-13)26(14)18(27)8-12-4-1-2-5-12/h11-15,19H,1-10H2,(H,23,28)(H,24,25)/t13?,14-,15+. The van der Waals surface area contributed by atoms with Crippen molar-refractivity contribution in [3.63, 3.8) is 0 Å². The van der Waals surface area contributed by atoms with Crippen LogP contribution in [-0.2, 0) is 4.79 Å². The predicted molar refractivity (Wildman–Crippen MR) is 98.9 cm³/mol. The zero-order valence-electron chi connectivity index (χ0n) is 16.0. The van der Waals surface area contributed by atoms with Crippen molar-refractivity contribution < 1.29 is 18.4 Å². The zero-order chi connectivity index (χ0) is 19.7. The van der Waals surface area contributed by atoms with E-state index in [1.807, 2.05) is 0 Å². The van der Waals surface area contributed by atoms with Crippen LogP contribution < -0.4 is 5.32 Å². The summed E-state index contributed by atoms with van der Waals surface area (Å²) >= 11 is 0. The summed E-state index contributed by atoms with van der Waals surface area (Å²) in [4.78, 5) is 27.4. The number of aromatic nitrogens is 2. The topological polar surface area (TPSA) is 78.1 Å². The molecule has 3 heterocycles. The lowest BCUT2D eigenvalue weighted by Gasteiger charge is -2.49. The molecule has 3 fully saturated rings. The molecule has 6 nitrogen and oxygen atoms in total. The van der Waals surface area contributed by atoms with Gasteiger partial charge in [-0.3, -0.25) is 14.7 Å². The molecule has 2 bridgehead atoms. The van der Waals surface area contributed by atoms with Gasteiger partial charge >= 0.3 is 0 Å². The number of carbonyl (C=O) groups excluding carboxylic acids is 2. The van der Waals surface area contributed by atoms with E-state index in [1.54, 1.807) is 0 Å². The first kappa shape index (κ1) is 19.3. The minimum atomic E-state index is -2.68. The fraction of sp³-hybridized carbons (Fsp3) is 0.750. The number of aromatic amines is 1. The molecular formula is C20H28F2N4O2. The van der Waals surface area contributed by atoms with Crippen LogP contribution >= 0.6 is 0 Å². The molecule has 0 radical (unpaired) electrons. The zero-order valence-corrected chi connectivity index (χ0v) is 16.0. The van der Waals surface area contributed by atoms with Crippen LogP contribution in [0.5, 0.6) is 0 Å². The van der Waals surface area contributed by atoms with E-state index in [4.69, 9.17) is 0 Å². The number of piperidine rings is 2. The molecule has 4 rings (SSSR count). The third-order valence-electron chi connectivity index (χ3n) is 6.60. The molecule has 2 saturated heterocycles. The molecule has 1 unspecified atom stereocenters. The summed E-state index contributed by atoms with van der Waals surface area (Å²) < 4.78 is 25.4. The van der Waals surface area contributed by atoms with Gasteiger partial charge in [-0.05, 0) is 56.9 Å². The van der Waals surface area contributed by atoms with Crippen molar-refractivity contribution in [2.45, 2.75) is 88.8 Å². The van der Waals surface area contributed by atoms with Gasteiger partial charge in [0, 0.05) is 24.5 Å². The fourth-order valence-corrected chi connectivity index (χ4v) is 5.30. The van der Waals surface area contributed by atoms with Gasteiger partial charge < -0.3 is 10.2 Å². The van der Waals surface area contributed by atoms with Crippen LogP contribution in [-0.4, -0.2) is 45.0 Å². The van der Waals surface area contributed by atoms with E-state index in [9.17, 15) is 18.4 Å². The van der Waals surface area contributed by atoms with Crippen LogP contribution in [0.4, 0.5) is 8.78 Å². The molecule has 2 N–H and O–H groups in total. The number of halogens is 2. The van der Waals surface area contributed by atoms with E-state index in [2.05, 4.69) is 20.4 Å². The van der Waals surface area contributed by atoms with Crippen LogP contribution in [0.3, 0.4) is 0 Å². The maximum Gasteiger partial charge on any atom is 0.279 e. The van der Waals surface area contributed by atoms with Crippen LogP contribution in [0, 0.1) is 5.92 Å². The lowest BCUT2D eigenvalue weighted by atomic mass is 9.81. The SMILES string of the molecule is O=C(NC1C[C@H]2CCC[C@@H](C1)N2C(=O)CC1CCCC1)c1cc(C(F)F)[nH]n1. The first-order valence-electron chi connectivity index (χ1n) is 10.5. The largest absolute Gasteiger partial charge is 0.348 e. The van der Waals surface area contributed by atoms with Crippen LogP contribution in [0.15, 0.2) is 6.07 Å². The molecule has 1 aromatic heterocycles. The second-order valence-electron chi connectivity index (χ2n) is 8.55. The molecule has 2 aliphatic heterocycles. The molecule has 28 heavy (non-hydrogen) atoms. The van der Waals surface area contributed by atoms with Crippen molar-refractivity contribution in [1.29, 1.82) is 0 Å². The van der Waals surface area contributed by atoms with Crippen LogP contribution in [0.25, 0.3) is 0 Å². The Hall–Kier alpha value is -1.99. The van der Waals surface area contributed by atoms with E-state index in [1.165, 1.54) is 12.8 Å². The maximum absolute atomic E-state index is 12.9. The van der Waals surface area contributed by atoms with Gasteiger partial charge in [-0.15, -0.1) is 0 Å². The van der Waals surface area contributed by atoms with Gasteiger partial charge in [-0.2, -0.15) is 5.10 Å². The minimum absolute atomic E-state index is 0.0137. The molecule has 0 spiro atoms. The molecule has 8 heteroatoms. The second-order valence-corrected chi connectivity index (χ2v) is 8.55. The molecular weight excluding hydrogens is 366 g/mol. The number of fused-ring (bicyclic) bond motifs is 2. The van der Waals surface area contributed by atoms with E-state index in [0.717, 1.165) is 51.0 Å². The summed E-state index contributed by atoms with van der Waals surface area (Å²) in [5.41, 5.74) is -0.366. The third-order valence-corrected chi connectivity index (χ3v) is 6.60. The molecule has 1 saturated carbocycles. The molecule has 154 valence electrons. The minimum Gasteiger partial charge on any atom is -0.348 e. The van der Waals surface area contributed by atoms with Crippen molar-refractivity contribution in [3.8, 4) is 0 Å². The Balaban J connectivity index is 1.37.